The molecule has 2 heteroatoms. The number of amides is 1. The Hall–Kier alpha value is -2.35. The van der Waals surface area contributed by atoms with Crippen LogP contribution in [0.5, 0.6) is 0 Å². The van der Waals surface area contributed by atoms with E-state index in [0.29, 0.717) is 0 Å². The summed E-state index contributed by atoms with van der Waals surface area (Å²) in [6, 6.07) is 17.8. The van der Waals surface area contributed by atoms with Gasteiger partial charge in [0.2, 0.25) is 5.91 Å². The molecule has 0 aliphatic heterocycles. The van der Waals surface area contributed by atoms with Crippen LogP contribution in [0.15, 0.2) is 66.7 Å². The molecule has 0 fully saturated rings. The second-order valence-electron chi connectivity index (χ2n) is 3.90. The summed E-state index contributed by atoms with van der Waals surface area (Å²) in [6.45, 7) is 1.82. The van der Waals surface area contributed by atoms with Gasteiger partial charge in [-0.3, -0.25) is 4.79 Å². The van der Waals surface area contributed by atoms with Crippen molar-refractivity contribution in [2.75, 3.05) is 5.32 Å². The van der Waals surface area contributed by atoms with Crippen LogP contribution in [0.25, 0.3) is 11.1 Å². The fraction of sp³-hybridized carbons (Fsp3) is 0.0625. The molecule has 0 heterocycles. The predicted molar refractivity (Wildman–Crippen MR) is 75.3 cm³/mol. The maximum absolute atomic E-state index is 11.6. The third-order valence-corrected chi connectivity index (χ3v) is 2.59. The van der Waals surface area contributed by atoms with Crippen molar-refractivity contribution in [3.8, 4) is 11.1 Å². The highest BCUT2D eigenvalue weighted by molar-refractivity contribution is 6.01. The lowest BCUT2D eigenvalue weighted by Crippen LogP contribution is -2.08. The summed E-state index contributed by atoms with van der Waals surface area (Å²) in [7, 11) is 0. The molecule has 18 heavy (non-hydrogen) atoms. The van der Waals surface area contributed by atoms with Gasteiger partial charge in [0.1, 0.15) is 0 Å². The molecular formula is C16H15NO. The van der Waals surface area contributed by atoms with Gasteiger partial charge in [-0.2, -0.15) is 0 Å². The van der Waals surface area contributed by atoms with Gasteiger partial charge in [0.05, 0.1) is 0 Å². The van der Waals surface area contributed by atoms with E-state index in [4.69, 9.17) is 0 Å². The van der Waals surface area contributed by atoms with E-state index in [1.807, 2.05) is 61.5 Å². The second-order valence-corrected chi connectivity index (χ2v) is 3.90. The zero-order valence-corrected chi connectivity index (χ0v) is 10.3. The molecule has 0 aliphatic rings. The molecule has 0 saturated carbocycles. The predicted octanol–water partition coefficient (Wildman–Crippen LogP) is 3.87. The lowest BCUT2D eigenvalue weighted by molar-refractivity contribution is -0.111. The SMILES string of the molecule is C/C=C/C(=O)Nc1ccccc1-c1ccccc1. The van der Waals surface area contributed by atoms with Gasteiger partial charge >= 0.3 is 0 Å². The lowest BCUT2D eigenvalue weighted by atomic mass is 10.0. The topological polar surface area (TPSA) is 29.1 Å². The van der Waals surface area contributed by atoms with Crippen molar-refractivity contribution in [2.24, 2.45) is 0 Å². The molecule has 90 valence electrons. The van der Waals surface area contributed by atoms with Crippen LogP contribution in [0, 0.1) is 0 Å². The summed E-state index contributed by atoms with van der Waals surface area (Å²) in [5.41, 5.74) is 2.94. The maximum Gasteiger partial charge on any atom is 0.248 e. The molecule has 0 aromatic heterocycles. The molecule has 2 aromatic carbocycles. The molecule has 1 amide bonds. The van der Waals surface area contributed by atoms with Crippen LogP contribution in [-0.4, -0.2) is 5.91 Å². The number of hydrogen-bond acceptors (Lipinski definition) is 1. The summed E-state index contributed by atoms with van der Waals surface area (Å²) in [5.74, 6) is -0.110. The fourth-order valence-electron chi connectivity index (χ4n) is 1.79. The van der Waals surface area contributed by atoms with Gasteiger partial charge in [0, 0.05) is 11.3 Å². The molecule has 0 aliphatic carbocycles. The Morgan fingerprint density at radius 1 is 1.00 bits per heavy atom. The summed E-state index contributed by atoms with van der Waals surface area (Å²) in [6.07, 6.45) is 3.24. The van der Waals surface area contributed by atoms with Gasteiger partial charge in [-0.25, -0.2) is 0 Å². The highest BCUT2D eigenvalue weighted by Gasteiger charge is 2.05. The van der Waals surface area contributed by atoms with Crippen molar-refractivity contribution in [1.82, 2.24) is 0 Å². The van der Waals surface area contributed by atoms with E-state index in [9.17, 15) is 4.79 Å². The Labute approximate surface area is 107 Å². The zero-order chi connectivity index (χ0) is 12.8. The number of rotatable bonds is 3. The molecular weight excluding hydrogens is 222 g/mol. The first-order valence-electron chi connectivity index (χ1n) is 5.89. The van der Waals surface area contributed by atoms with Gasteiger partial charge in [-0.05, 0) is 24.6 Å². The van der Waals surface area contributed by atoms with Crippen LogP contribution in [-0.2, 0) is 4.79 Å². The van der Waals surface area contributed by atoms with E-state index < -0.39 is 0 Å². The second kappa shape index (κ2) is 5.82. The molecule has 2 nitrogen and oxygen atoms in total. The van der Waals surface area contributed by atoms with E-state index >= 15 is 0 Å². The van der Waals surface area contributed by atoms with Crippen molar-refractivity contribution in [3.63, 3.8) is 0 Å². The molecule has 0 unspecified atom stereocenters. The third kappa shape index (κ3) is 2.86. The monoisotopic (exact) mass is 237 g/mol. The summed E-state index contributed by atoms with van der Waals surface area (Å²) < 4.78 is 0. The Bertz CT molecular complexity index is 558. The number of hydrogen-bond donors (Lipinski definition) is 1. The lowest BCUT2D eigenvalue weighted by Gasteiger charge is -2.09. The summed E-state index contributed by atoms with van der Waals surface area (Å²) >= 11 is 0. The van der Waals surface area contributed by atoms with Gasteiger partial charge in [0.15, 0.2) is 0 Å². The van der Waals surface area contributed by atoms with E-state index in [1.165, 1.54) is 6.08 Å². The Morgan fingerprint density at radius 2 is 1.67 bits per heavy atom. The summed E-state index contributed by atoms with van der Waals surface area (Å²) in [4.78, 5) is 11.6. The number of anilines is 1. The molecule has 2 rings (SSSR count). The molecule has 1 N–H and O–H groups in total. The Kier molecular flexibility index (Phi) is 3.92. The molecule has 2 aromatic rings. The van der Waals surface area contributed by atoms with Crippen LogP contribution >= 0.6 is 0 Å². The van der Waals surface area contributed by atoms with Crippen LogP contribution < -0.4 is 5.32 Å². The quantitative estimate of drug-likeness (QED) is 0.807. The smallest absolute Gasteiger partial charge is 0.248 e. The van der Waals surface area contributed by atoms with Gasteiger partial charge < -0.3 is 5.32 Å². The largest absolute Gasteiger partial charge is 0.322 e. The minimum absolute atomic E-state index is 0.110. The molecule has 0 radical (unpaired) electrons. The van der Waals surface area contributed by atoms with Crippen molar-refractivity contribution >= 4 is 11.6 Å². The van der Waals surface area contributed by atoms with Crippen molar-refractivity contribution in [1.29, 1.82) is 0 Å². The molecule has 0 atom stereocenters. The first kappa shape index (κ1) is 12.1. The van der Waals surface area contributed by atoms with Crippen molar-refractivity contribution in [3.05, 3.63) is 66.7 Å². The Balaban J connectivity index is 2.35. The van der Waals surface area contributed by atoms with Gasteiger partial charge in [-0.1, -0.05) is 54.6 Å². The molecule has 0 bridgehead atoms. The van der Waals surface area contributed by atoms with Crippen LogP contribution in [0.3, 0.4) is 0 Å². The van der Waals surface area contributed by atoms with Gasteiger partial charge in [0.25, 0.3) is 0 Å². The molecule has 0 saturated heterocycles. The Morgan fingerprint density at radius 3 is 2.39 bits per heavy atom. The highest BCUT2D eigenvalue weighted by atomic mass is 16.1. The van der Waals surface area contributed by atoms with E-state index in [-0.39, 0.29) is 5.91 Å². The number of para-hydroxylation sites is 1. The minimum atomic E-state index is -0.110. The standard InChI is InChI=1S/C16H15NO/c1-2-8-16(18)17-15-12-7-6-11-14(15)13-9-4-3-5-10-13/h2-12H,1H3,(H,17,18)/b8-2+. The first-order valence-corrected chi connectivity index (χ1v) is 5.89. The van der Waals surface area contributed by atoms with E-state index in [0.717, 1.165) is 16.8 Å². The number of nitrogens with one attached hydrogen (secondary N) is 1. The van der Waals surface area contributed by atoms with E-state index in [2.05, 4.69) is 5.32 Å². The number of carbonyl (C=O) groups excluding carboxylic acids is 1. The van der Waals surface area contributed by atoms with Crippen molar-refractivity contribution in [2.45, 2.75) is 6.92 Å². The van der Waals surface area contributed by atoms with Crippen molar-refractivity contribution < 1.29 is 4.79 Å². The van der Waals surface area contributed by atoms with Crippen LogP contribution in [0.1, 0.15) is 6.92 Å². The average Bonchev–Trinajstić information content (AvgIpc) is 2.40. The van der Waals surface area contributed by atoms with Crippen LogP contribution in [0.4, 0.5) is 5.69 Å². The average molecular weight is 237 g/mol. The zero-order valence-electron chi connectivity index (χ0n) is 10.3. The van der Waals surface area contributed by atoms with Crippen LogP contribution in [0.2, 0.25) is 0 Å². The number of benzene rings is 2. The van der Waals surface area contributed by atoms with E-state index in [1.54, 1.807) is 6.08 Å². The first-order chi connectivity index (χ1) is 8.81. The number of carbonyl (C=O) groups is 1. The normalized spacial score (nSPS) is 10.5. The van der Waals surface area contributed by atoms with Gasteiger partial charge in [-0.15, -0.1) is 0 Å². The third-order valence-electron chi connectivity index (χ3n) is 2.59. The highest BCUT2D eigenvalue weighted by Crippen LogP contribution is 2.27. The fourth-order valence-corrected chi connectivity index (χ4v) is 1.79. The minimum Gasteiger partial charge on any atom is -0.322 e. The number of allylic oxidation sites excluding steroid dienone is 1. The summed E-state index contributed by atoms with van der Waals surface area (Å²) in [5, 5.41) is 2.88. The molecule has 0 spiro atoms. The maximum atomic E-state index is 11.6.